The van der Waals surface area contributed by atoms with Crippen molar-refractivity contribution in [3.8, 4) is 17.2 Å². The van der Waals surface area contributed by atoms with Crippen molar-refractivity contribution < 1.29 is 43.9 Å². The van der Waals surface area contributed by atoms with Gasteiger partial charge in [0.25, 0.3) is 0 Å². The first-order valence-electron chi connectivity index (χ1n) is 21.4. The van der Waals surface area contributed by atoms with Crippen LogP contribution < -0.4 is 0 Å². The van der Waals surface area contributed by atoms with E-state index in [4.69, 9.17) is 14.2 Å². The zero-order valence-corrected chi connectivity index (χ0v) is 38.7. The van der Waals surface area contributed by atoms with Gasteiger partial charge >= 0.3 is 17.9 Å². The fourth-order valence-corrected chi connectivity index (χ4v) is 10.6. The molecule has 5 rings (SSSR count). The number of rotatable bonds is 14. The molecule has 3 N–H and O–H groups in total. The van der Waals surface area contributed by atoms with Crippen molar-refractivity contribution in [2.24, 2.45) is 23.7 Å². The van der Waals surface area contributed by atoms with Gasteiger partial charge in [0.05, 0.1) is 32.5 Å². The molecule has 2 saturated carbocycles. The third-order valence-electron chi connectivity index (χ3n) is 12.4. The lowest BCUT2D eigenvalue weighted by Gasteiger charge is -2.35. The Morgan fingerprint density at radius 2 is 0.933 bits per heavy atom. The van der Waals surface area contributed by atoms with E-state index in [0.717, 1.165) is 57.3 Å². The number of phenolic OH excluding ortho intramolecular Hbond substituents is 3. The van der Waals surface area contributed by atoms with Crippen molar-refractivity contribution in [1.82, 2.24) is 0 Å². The molecule has 3 aromatic carbocycles. The lowest BCUT2D eigenvalue weighted by Crippen LogP contribution is -2.37. The van der Waals surface area contributed by atoms with Crippen molar-refractivity contribution in [2.45, 2.75) is 137 Å². The van der Waals surface area contributed by atoms with Gasteiger partial charge < -0.3 is 29.5 Å². The number of carbonyl (C=O) groups is 3. The second-order valence-corrected chi connectivity index (χ2v) is 21.8. The third-order valence-corrected chi connectivity index (χ3v) is 13.8. The average Bonchev–Trinajstić information content (AvgIpc) is 3.69. The Morgan fingerprint density at radius 1 is 0.567 bits per heavy atom. The van der Waals surface area contributed by atoms with Crippen LogP contribution in [0, 0.1) is 44.4 Å². The van der Waals surface area contributed by atoms with E-state index in [-0.39, 0.29) is 113 Å². The van der Waals surface area contributed by atoms with Gasteiger partial charge in [-0.25, -0.2) is 0 Å². The highest BCUT2D eigenvalue weighted by atomic mass is 32.2. The van der Waals surface area contributed by atoms with Gasteiger partial charge in [-0.3, -0.25) is 14.4 Å². The Kier molecular flexibility index (Phi) is 14.4. The van der Waals surface area contributed by atoms with Gasteiger partial charge in [-0.05, 0) is 112 Å². The molecule has 2 bridgehead atoms. The Balaban J connectivity index is 1.22. The van der Waals surface area contributed by atoms with Crippen molar-refractivity contribution in [1.29, 1.82) is 0 Å². The van der Waals surface area contributed by atoms with Crippen LogP contribution in [0.1, 0.15) is 125 Å². The molecule has 2 fully saturated rings. The number of phenols is 3. The number of thioether (sulfide) groups is 1. The Hall–Kier alpha value is -4.18. The second-order valence-electron chi connectivity index (χ2n) is 20.4. The quantitative estimate of drug-likeness (QED) is 0.0817. The molecular weight excluding hydrogens is 777 g/mol. The van der Waals surface area contributed by atoms with Crippen LogP contribution in [-0.2, 0) is 64.1 Å². The van der Waals surface area contributed by atoms with E-state index in [1.54, 1.807) is 11.8 Å². The monoisotopic (exact) mass is 844 g/mol. The molecule has 10 heteroatoms. The predicted molar refractivity (Wildman–Crippen MR) is 238 cm³/mol. The molecule has 0 heterocycles. The van der Waals surface area contributed by atoms with Gasteiger partial charge in [-0.15, -0.1) is 0 Å². The number of benzene rings is 3. The van der Waals surface area contributed by atoms with E-state index in [2.05, 4.69) is 0 Å². The molecule has 5 atom stereocenters. The van der Waals surface area contributed by atoms with Crippen LogP contribution in [0.25, 0.3) is 0 Å². The summed E-state index contributed by atoms with van der Waals surface area (Å²) < 4.78 is 17.7. The number of fused-ring (bicyclic) bond motifs is 2. The van der Waals surface area contributed by atoms with Crippen LogP contribution in [-0.4, -0.2) is 64.1 Å². The number of aryl methyl sites for hydroxylation is 3. The van der Waals surface area contributed by atoms with E-state index < -0.39 is 0 Å². The average molecular weight is 845 g/mol. The molecule has 0 saturated heterocycles. The Morgan fingerprint density at radius 3 is 1.32 bits per heavy atom. The molecule has 60 heavy (non-hydrogen) atoms. The molecule has 0 spiro atoms. The smallest absolute Gasteiger partial charge is 0.310 e. The van der Waals surface area contributed by atoms with E-state index in [9.17, 15) is 29.7 Å². The summed E-state index contributed by atoms with van der Waals surface area (Å²) in [6, 6.07) is 11.2. The first-order chi connectivity index (χ1) is 27.8. The molecule has 2 aliphatic carbocycles. The van der Waals surface area contributed by atoms with Crippen LogP contribution in [0.2, 0.25) is 0 Å². The van der Waals surface area contributed by atoms with Gasteiger partial charge in [0.1, 0.15) is 23.9 Å². The normalized spacial score (nSPS) is 20.3. The lowest BCUT2D eigenvalue weighted by atomic mass is 9.80. The highest BCUT2D eigenvalue weighted by Gasteiger charge is 2.53. The van der Waals surface area contributed by atoms with Gasteiger partial charge in [0.15, 0.2) is 0 Å². The minimum Gasteiger partial charge on any atom is -0.507 e. The molecule has 5 unspecified atom stereocenters. The number of hydrogen-bond donors (Lipinski definition) is 3. The van der Waals surface area contributed by atoms with Crippen molar-refractivity contribution in [3.05, 3.63) is 86.5 Å². The zero-order chi connectivity index (χ0) is 44.5. The van der Waals surface area contributed by atoms with E-state index >= 15 is 0 Å². The molecule has 0 aromatic heterocycles. The Bertz CT molecular complexity index is 2070. The standard InChI is InChI=1S/C50H68O9S/c1-28-15-31(18-38(45(28)54)48(4,5)6)21-42(51)57-13-14-60-41-25-34-24-35(41)37(27-59-44(53)23-33-17-30(3)47(56)40(20-33)50(10,11)12)36(34)26-58-43(52)22-32-16-29(2)46(55)39(19-32)49(7,8)9/h15-20,34-37,41,54-56H,13-14,21-27H2,1-12H3. The van der Waals surface area contributed by atoms with Gasteiger partial charge in [0, 0.05) is 22.8 Å². The second kappa shape index (κ2) is 18.4. The summed E-state index contributed by atoms with van der Waals surface area (Å²) >= 11 is 1.78. The van der Waals surface area contributed by atoms with Crippen LogP contribution in [0.15, 0.2) is 36.4 Å². The van der Waals surface area contributed by atoms with Crippen molar-refractivity contribution in [3.63, 3.8) is 0 Å². The maximum Gasteiger partial charge on any atom is 0.310 e. The fourth-order valence-electron chi connectivity index (χ4n) is 9.21. The minimum absolute atomic E-state index is 0.00889. The van der Waals surface area contributed by atoms with Crippen LogP contribution >= 0.6 is 11.8 Å². The molecule has 9 nitrogen and oxygen atoms in total. The minimum atomic E-state index is -0.342. The van der Waals surface area contributed by atoms with Crippen molar-refractivity contribution in [2.75, 3.05) is 25.6 Å². The molecule has 3 aromatic rings. The maximum atomic E-state index is 13.4. The van der Waals surface area contributed by atoms with Gasteiger partial charge in [0.2, 0.25) is 0 Å². The first kappa shape index (κ1) is 46.9. The molecule has 2 aliphatic rings. The number of carbonyl (C=O) groups excluding carboxylic acids is 3. The fraction of sp³-hybridized carbons (Fsp3) is 0.580. The van der Waals surface area contributed by atoms with Gasteiger partial charge in [-0.2, -0.15) is 11.8 Å². The summed E-state index contributed by atoms with van der Waals surface area (Å²) in [5.41, 5.74) is 6.08. The van der Waals surface area contributed by atoms with Crippen LogP contribution in [0.4, 0.5) is 0 Å². The molecule has 328 valence electrons. The summed E-state index contributed by atoms with van der Waals surface area (Å²) in [5, 5.41) is 32.3. The van der Waals surface area contributed by atoms with E-state index in [0.29, 0.717) is 17.2 Å². The van der Waals surface area contributed by atoms with E-state index in [1.165, 1.54) is 0 Å². The highest BCUT2D eigenvalue weighted by Crippen LogP contribution is 2.56. The SMILES string of the molecule is Cc1cc(CC(=O)OCCSC2CC3CC2C(COC(=O)Cc2cc(C)c(O)c(C(C)(C)C)c2)C3COC(=O)Cc2cc(C)c(O)c(C(C)(C)C)c2)cc(C(C)(C)C)c1O. The molecular formula is C50H68O9S. The summed E-state index contributed by atoms with van der Waals surface area (Å²) in [4.78, 5) is 39.6. The third kappa shape index (κ3) is 11.4. The summed E-state index contributed by atoms with van der Waals surface area (Å²) in [6.45, 7) is 24.5. The van der Waals surface area contributed by atoms with Crippen molar-refractivity contribution >= 4 is 29.7 Å². The summed E-state index contributed by atoms with van der Waals surface area (Å²) in [6.07, 6.45) is 2.18. The number of esters is 3. The number of aromatic hydroxyl groups is 3. The summed E-state index contributed by atoms with van der Waals surface area (Å²) in [7, 11) is 0. The zero-order valence-electron chi connectivity index (χ0n) is 37.9. The highest BCUT2D eigenvalue weighted by molar-refractivity contribution is 7.99. The Labute approximate surface area is 362 Å². The van der Waals surface area contributed by atoms with Crippen LogP contribution in [0.5, 0.6) is 17.2 Å². The van der Waals surface area contributed by atoms with Crippen LogP contribution in [0.3, 0.4) is 0 Å². The number of ether oxygens (including phenoxy) is 3. The maximum absolute atomic E-state index is 13.4. The molecule has 0 aliphatic heterocycles. The molecule has 0 amide bonds. The summed E-state index contributed by atoms with van der Waals surface area (Å²) in [5.74, 6) is 0.950. The number of hydrogen-bond acceptors (Lipinski definition) is 10. The topological polar surface area (TPSA) is 140 Å². The van der Waals surface area contributed by atoms with E-state index in [1.807, 2.05) is 119 Å². The largest absolute Gasteiger partial charge is 0.507 e. The first-order valence-corrected chi connectivity index (χ1v) is 22.5. The predicted octanol–water partition coefficient (Wildman–Crippen LogP) is 9.65. The lowest BCUT2D eigenvalue weighted by molar-refractivity contribution is -0.149. The molecule has 0 radical (unpaired) electrons. The van der Waals surface area contributed by atoms with Gasteiger partial charge in [-0.1, -0.05) is 98.7 Å².